The molecule has 4 heteroatoms. The summed E-state index contributed by atoms with van der Waals surface area (Å²) in [5.74, 6) is 0. The molecule has 60 valence electrons. The highest BCUT2D eigenvalue weighted by atomic mass is 16.3. The zero-order valence-corrected chi connectivity index (χ0v) is 6.20. The first-order valence-electron chi connectivity index (χ1n) is 3.08. The zero-order chi connectivity index (χ0) is 8.31. The molecule has 0 aromatic heterocycles. The standard InChI is InChI=1S/C6H14N2O2/c1-3(9)5(7)6(8)4(2)10/h3-4,9-10H,7-8H2,1-2H3/b6-5+. The Labute approximate surface area is 60.1 Å². The minimum Gasteiger partial charge on any atom is -0.398 e. The molecule has 0 fully saturated rings. The number of rotatable bonds is 2. The molecule has 0 radical (unpaired) electrons. The monoisotopic (exact) mass is 146 g/mol. The van der Waals surface area contributed by atoms with Gasteiger partial charge in [0.25, 0.3) is 0 Å². The van der Waals surface area contributed by atoms with Crippen molar-refractivity contribution >= 4 is 0 Å². The van der Waals surface area contributed by atoms with Crippen LogP contribution in [0.15, 0.2) is 11.4 Å². The van der Waals surface area contributed by atoms with Gasteiger partial charge < -0.3 is 21.7 Å². The van der Waals surface area contributed by atoms with Gasteiger partial charge in [0, 0.05) is 0 Å². The fraction of sp³-hybridized carbons (Fsp3) is 0.667. The van der Waals surface area contributed by atoms with Gasteiger partial charge in [0.15, 0.2) is 0 Å². The third-order valence-corrected chi connectivity index (χ3v) is 1.23. The normalized spacial score (nSPS) is 19.6. The Hall–Kier alpha value is -0.740. The Kier molecular flexibility index (Phi) is 3.18. The van der Waals surface area contributed by atoms with Gasteiger partial charge in [-0.15, -0.1) is 0 Å². The molecule has 0 amide bonds. The van der Waals surface area contributed by atoms with Crippen LogP contribution in [0.3, 0.4) is 0 Å². The molecular weight excluding hydrogens is 132 g/mol. The number of aliphatic hydroxyl groups excluding tert-OH is 2. The predicted octanol–water partition coefficient (Wildman–Crippen LogP) is -1.12. The van der Waals surface area contributed by atoms with Gasteiger partial charge in [-0.25, -0.2) is 0 Å². The van der Waals surface area contributed by atoms with Crippen LogP contribution in [0.2, 0.25) is 0 Å². The third-order valence-electron chi connectivity index (χ3n) is 1.23. The van der Waals surface area contributed by atoms with Gasteiger partial charge in [-0.1, -0.05) is 0 Å². The average Bonchev–Trinajstić information content (AvgIpc) is 1.84. The lowest BCUT2D eigenvalue weighted by molar-refractivity contribution is 0.206. The van der Waals surface area contributed by atoms with Crippen molar-refractivity contribution in [3.8, 4) is 0 Å². The van der Waals surface area contributed by atoms with Crippen molar-refractivity contribution in [2.75, 3.05) is 0 Å². The van der Waals surface area contributed by atoms with Gasteiger partial charge in [0.1, 0.15) is 0 Å². The van der Waals surface area contributed by atoms with Crippen LogP contribution in [0, 0.1) is 0 Å². The molecule has 0 aromatic carbocycles. The summed E-state index contributed by atoms with van der Waals surface area (Å²) in [5, 5.41) is 17.7. The van der Waals surface area contributed by atoms with Gasteiger partial charge in [-0.2, -0.15) is 0 Å². The molecule has 2 atom stereocenters. The van der Waals surface area contributed by atoms with E-state index in [0.717, 1.165) is 0 Å². The summed E-state index contributed by atoms with van der Waals surface area (Å²) < 4.78 is 0. The van der Waals surface area contributed by atoms with E-state index in [-0.39, 0.29) is 11.4 Å². The molecule has 0 saturated carbocycles. The van der Waals surface area contributed by atoms with Crippen molar-refractivity contribution in [2.24, 2.45) is 11.5 Å². The molecule has 0 heterocycles. The Morgan fingerprint density at radius 3 is 1.30 bits per heavy atom. The van der Waals surface area contributed by atoms with Crippen LogP contribution >= 0.6 is 0 Å². The molecule has 0 saturated heterocycles. The lowest BCUT2D eigenvalue weighted by Gasteiger charge is -2.11. The smallest absolute Gasteiger partial charge is 0.0922 e. The third kappa shape index (κ3) is 2.24. The maximum absolute atomic E-state index is 8.87. The van der Waals surface area contributed by atoms with E-state index in [1.165, 1.54) is 13.8 Å². The summed E-state index contributed by atoms with van der Waals surface area (Å²) in [6.45, 7) is 2.98. The van der Waals surface area contributed by atoms with E-state index in [4.69, 9.17) is 21.7 Å². The Morgan fingerprint density at radius 1 is 1.00 bits per heavy atom. The van der Waals surface area contributed by atoms with E-state index in [9.17, 15) is 0 Å². The molecule has 6 N–H and O–H groups in total. The maximum atomic E-state index is 8.87. The number of hydrogen-bond acceptors (Lipinski definition) is 4. The minimum absolute atomic E-state index is 0.134. The summed E-state index contributed by atoms with van der Waals surface area (Å²) in [6.07, 6.45) is -1.59. The van der Waals surface area contributed by atoms with E-state index in [0.29, 0.717) is 0 Å². The Morgan fingerprint density at radius 2 is 1.20 bits per heavy atom. The van der Waals surface area contributed by atoms with Crippen LogP contribution in [0.25, 0.3) is 0 Å². The molecule has 0 aliphatic rings. The van der Waals surface area contributed by atoms with Crippen molar-refractivity contribution in [1.29, 1.82) is 0 Å². The Bertz CT molecular complexity index is 125. The molecule has 0 aliphatic carbocycles. The largest absolute Gasteiger partial charge is 0.398 e. The van der Waals surface area contributed by atoms with Gasteiger partial charge in [-0.05, 0) is 13.8 Å². The predicted molar refractivity (Wildman–Crippen MR) is 38.8 cm³/mol. The van der Waals surface area contributed by atoms with Crippen molar-refractivity contribution < 1.29 is 10.2 Å². The van der Waals surface area contributed by atoms with Gasteiger partial charge >= 0.3 is 0 Å². The first-order valence-corrected chi connectivity index (χ1v) is 3.08. The van der Waals surface area contributed by atoms with E-state index in [2.05, 4.69) is 0 Å². The van der Waals surface area contributed by atoms with E-state index in [1.54, 1.807) is 0 Å². The summed E-state index contributed by atoms with van der Waals surface area (Å²) >= 11 is 0. The van der Waals surface area contributed by atoms with Crippen LogP contribution < -0.4 is 11.5 Å². The minimum atomic E-state index is -0.797. The lowest BCUT2D eigenvalue weighted by atomic mass is 10.2. The van der Waals surface area contributed by atoms with E-state index >= 15 is 0 Å². The maximum Gasteiger partial charge on any atom is 0.0922 e. The second-order valence-electron chi connectivity index (χ2n) is 2.26. The zero-order valence-electron chi connectivity index (χ0n) is 6.20. The van der Waals surface area contributed by atoms with Crippen molar-refractivity contribution in [1.82, 2.24) is 0 Å². The molecular formula is C6H14N2O2. The number of aliphatic hydroxyl groups is 2. The van der Waals surface area contributed by atoms with E-state index in [1.807, 2.05) is 0 Å². The van der Waals surface area contributed by atoms with Gasteiger partial charge in [0.05, 0.1) is 23.6 Å². The highest BCUT2D eigenvalue weighted by Crippen LogP contribution is 2.01. The van der Waals surface area contributed by atoms with Crippen molar-refractivity contribution in [3.63, 3.8) is 0 Å². The molecule has 10 heavy (non-hydrogen) atoms. The summed E-state index contributed by atoms with van der Waals surface area (Å²) in [4.78, 5) is 0. The van der Waals surface area contributed by atoms with Gasteiger partial charge in [-0.3, -0.25) is 0 Å². The fourth-order valence-electron chi connectivity index (χ4n) is 0.482. The second-order valence-corrected chi connectivity index (χ2v) is 2.26. The first kappa shape index (κ1) is 9.26. The molecule has 4 nitrogen and oxygen atoms in total. The Balaban J connectivity index is 4.34. The van der Waals surface area contributed by atoms with Crippen LogP contribution in [-0.4, -0.2) is 22.4 Å². The van der Waals surface area contributed by atoms with Crippen LogP contribution in [0.1, 0.15) is 13.8 Å². The van der Waals surface area contributed by atoms with Crippen molar-refractivity contribution in [2.45, 2.75) is 26.1 Å². The summed E-state index contributed by atoms with van der Waals surface area (Å²) in [7, 11) is 0. The molecule has 0 bridgehead atoms. The highest BCUT2D eigenvalue weighted by molar-refractivity contribution is 5.13. The van der Waals surface area contributed by atoms with Crippen LogP contribution in [-0.2, 0) is 0 Å². The molecule has 0 spiro atoms. The topological polar surface area (TPSA) is 92.5 Å². The molecule has 0 rings (SSSR count). The highest BCUT2D eigenvalue weighted by Gasteiger charge is 2.08. The SMILES string of the molecule is CC(O)/C(N)=C(\N)C(C)O. The quantitative estimate of drug-likeness (QED) is 0.397. The van der Waals surface area contributed by atoms with Crippen molar-refractivity contribution in [3.05, 3.63) is 11.4 Å². The number of hydrogen-bond donors (Lipinski definition) is 4. The second kappa shape index (κ2) is 3.43. The van der Waals surface area contributed by atoms with Crippen LogP contribution in [0.4, 0.5) is 0 Å². The fourth-order valence-corrected chi connectivity index (χ4v) is 0.482. The number of nitrogens with two attached hydrogens (primary N) is 2. The van der Waals surface area contributed by atoms with Gasteiger partial charge in [0.2, 0.25) is 0 Å². The van der Waals surface area contributed by atoms with Crippen LogP contribution in [0.5, 0.6) is 0 Å². The lowest BCUT2D eigenvalue weighted by Crippen LogP contribution is -2.25. The molecule has 0 aliphatic heterocycles. The summed E-state index contributed by atoms with van der Waals surface area (Å²) in [5.41, 5.74) is 10.9. The van der Waals surface area contributed by atoms with E-state index < -0.39 is 12.2 Å². The average molecular weight is 146 g/mol. The molecule has 0 aromatic rings. The summed E-state index contributed by atoms with van der Waals surface area (Å²) in [6, 6.07) is 0. The first-order chi connectivity index (χ1) is 4.46. The molecule has 2 unspecified atom stereocenters.